The van der Waals surface area contributed by atoms with Crippen LogP contribution >= 0.6 is 0 Å². The van der Waals surface area contributed by atoms with Gasteiger partial charge in [-0.05, 0) is 27.2 Å². The van der Waals surface area contributed by atoms with E-state index in [9.17, 15) is 9.59 Å². The van der Waals surface area contributed by atoms with Crippen molar-refractivity contribution >= 4 is 12.1 Å². The highest BCUT2D eigenvalue weighted by Crippen LogP contribution is 2.11. The number of aliphatic carboxylic acids is 1. The van der Waals surface area contributed by atoms with Crippen molar-refractivity contribution < 1.29 is 19.4 Å². The summed E-state index contributed by atoms with van der Waals surface area (Å²) in [7, 11) is 0. The van der Waals surface area contributed by atoms with E-state index in [4.69, 9.17) is 9.84 Å². The van der Waals surface area contributed by atoms with Gasteiger partial charge >= 0.3 is 12.1 Å². The second kappa shape index (κ2) is 8.77. The van der Waals surface area contributed by atoms with Gasteiger partial charge in [0.1, 0.15) is 5.60 Å². The molecule has 0 aromatic carbocycles. The number of rotatable bonds is 8. The summed E-state index contributed by atoms with van der Waals surface area (Å²) in [6.45, 7) is 7.45. The summed E-state index contributed by atoms with van der Waals surface area (Å²) in [6, 6.07) is -0.357. The van der Waals surface area contributed by atoms with Gasteiger partial charge in [-0.1, -0.05) is 32.6 Å². The third-order valence-electron chi connectivity index (χ3n) is 2.55. The molecule has 5 heteroatoms. The molecule has 19 heavy (non-hydrogen) atoms. The monoisotopic (exact) mass is 273 g/mol. The molecule has 112 valence electrons. The molecular formula is C14H27NO4. The van der Waals surface area contributed by atoms with Gasteiger partial charge in [0, 0.05) is 6.04 Å². The zero-order chi connectivity index (χ0) is 14.9. The summed E-state index contributed by atoms with van der Waals surface area (Å²) >= 11 is 0. The van der Waals surface area contributed by atoms with Gasteiger partial charge < -0.3 is 15.2 Å². The van der Waals surface area contributed by atoms with E-state index in [1.807, 2.05) is 0 Å². The van der Waals surface area contributed by atoms with E-state index in [0.29, 0.717) is 6.42 Å². The van der Waals surface area contributed by atoms with Crippen LogP contribution in [0.15, 0.2) is 0 Å². The molecule has 0 rings (SSSR count). The van der Waals surface area contributed by atoms with Gasteiger partial charge in [0.05, 0.1) is 6.42 Å². The van der Waals surface area contributed by atoms with Gasteiger partial charge in [-0.25, -0.2) is 4.79 Å². The van der Waals surface area contributed by atoms with Crippen LogP contribution in [0.5, 0.6) is 0 Å². The van der Waals surface area contributed by atoms with Crippen LogP contribution in [0.25, 0.3) is 0 Å². The lowest BCUT2D eigenvalue weighted by Gasteiger charge is -2.23. The third kappa shape index (κ3) is 11.6. The Labute approximate surface area is 115 Å². The van der Waals surface area contributed by atoms with Gasteiger partial charge in [-0.15, -0.1) is 0 Å². The number of carboxylic acid groups (broad SMARTS) is 1. The molecule has 0 radical (unpaired) electrons. The van der Waals surface area contributed by atoms with Crippen LogP contribution in [-0.4, -0.2) is 28.8 Å². The van der Waals surface area contributed by atoms with Crippen molar-refractivity contribution in [3.8, 4) is 0 Å². The van der Waals surface area contributed by atoms with Gasteiger partial charge in [-0.2, -0.15) is 0 Å². The lowest BCUT2D eigenvalue weighted by molar-refractivity contribution is -0.137. The molecule has 0 saturated heterocycles. The van der Waals surface area contributed by atoms with Gasteiger partial charge in [0.25, 0.3) is 0 Å². The summed E-state index contributed by atoms with van der Waals surface area (Å²) in [5.41, 5.74) is -0.569. The van der Waals surface area contributed by atoms with Crippen LogP contribution < -0.4 is 5.32 Å². The van der Waals surface area contributed by atoms with E-state index in [2.05, 4.69) is 12.2 Å². The Bertz CT molecular complexity index is 284. The largest absolute Gasteiger partial charge is 0.481 e. The average molecular weight is 273 g/mol. The van der Waals surface area contributed by atoms with Crippen molar-refractivity contribution in [1.29, 1.82) is 0 Å². The average Bonchev–Trinajstić information content (AvgIpc) is 2.20. The number of ether oxygens (including phenoxy) is 1. The Kier molecular flexibility index (Phi) is 8.19. The Balaban J connectivity index is 4.18. The molecule has 0 unspecified atom stereocenters. The van der Waals surface area contributed by atoms with E-state index in [1.165, 1.54) is 0 Å². The molecule has 0 aromatic heterocycles. The minimum atomic E-state index is -0.906. The van der Waals surface area contributed by atoms with Gasteiger partial charge in [0.2, 0.25) is 0 Å². The summed E-state index contributed by atoms with van der Waals surface area (Å²) in [5, 5.41) is 11.5. The highest BCUT2D eigenvalue weighted by atomic mass is 16.6. The molecule has 0 aromatic rings. The van der Waals surface area contributed by atoms with Crippen molar-refractivity contribution in [2.24, 2.45) is 0 Å². The third-order valence-corrected chi connectivity index (χ3v) is 2.55. The van der Waals surface area contributed by atoms with Crippen LogP contribution in [0.1, 0.15) is 66.2 Å². The highest BCUT2D eigenvalue weighted by Gasteiger charge is 2.20. The van der Waals surface area contributed by atoms with E-state index >= 15 is 0 Å². The number of alkyl carbamates (subject to hydrolysis) is 1. The van der Waals surface area contributed by atoms with Crippen LogP contribution in [0.4, 0.5) is 4.79 Å². The maximum Gasteiger partial charge on any atom is 0.407 e. The standard InChI is InChI=1S/C14H27NO4/c1-5-6-7-8-9-11(10-12(16)17)15-13(18)19-14(2,3)4/h11H,5-10H2,1-4H3,(H,15,18)(H,16,17)/t11-/m0/s1. The van der Waals surface area contributed by atoms with Crippen LogP contribution in [0.2, 0.25) is 0 Å². The molecule has 1 atom stereocenters. The first kappa shape index (κ1) is 17.7. The smallest absolute Gasteiger partial charge is 0.407 e. The quantitative estimate of drug-likeness (QED) is 0.665. The Morgan fingerprint density at radius 1 is 1.21 bits per heavy atom. The number of nitrogens with one attached hydrogen (secondary N) is 1. The first-order valence-corrected chi connectivity index (χ1v) is 6.96. The van der Waals surface area contributed by atoms with Gasteiger partial charge in [0.15, 0.2) is 0 Å². The Morgan fingerprint density at radius 2 is 1.84 bits per heavy atom. The number of carboxylic acids is 1. The lowest BCUT2D eigenvalue weighted by atomic mass is 10.0. The van der Waals surface area contributed by atoms with Gasteiger partial charge in [-0.3, -0.25) is 4.79 Å². The molecule has 0 bridgehead atoms. The fourth-order valence-electron chi connectivity index (χ4n) is 1.73. The van der Waals surface area contributed by atoms with Crippen molar-refractivity contribution in [2.75, 3.05) is 0 Å². The number of amides is 1. The zero-order valence-corrected chi connectivity index (χ0v) is 12.5. The molecule has 0 spiro atoms. The number of hydrogen-bond donors (Lipinski definition) is 2. The molecule has 1 amide bonds. The Hall–Kier alpha value is -1.26. The van der Waals surface area contributed by atoms with E-state index in [0.717, 1.165) is 25.7 Å². The van der Waals surface area contributed by atoms with Crippen molar-refractivity contribution in [3.63, 3.8) is 0 Å². The zero-order valence-electron chi connectivity index (χ0n) is 12.5. The lowest BCUT2D eigenvalue weighted by Crippen LogP contribution is -2.40. The second-order valence-corrected chi connectivity index (χ2v) is 5.79. The molecule has 0 aliphatic carbocycles. The number of hydrogen-bond acceptors (Lipinski definition) is 3. The number of unbranched alkanes of at least 4 members (excludes halogenated alkanes) is 3. The summed E-state index contributed by atoms with van der Waals surface area (Å²) in [6.07, 6.45) is 4.30. The second-order valence-electron chi connectivity index (χ2n) is 5.79. The molecule has 0 aliphatic heterocycles. The van der Waals surface area contributed by atoms with E-state index in [1.54, 1.807) is 20.8 Å². The fraction of sp³-hybridized carbons (Fsp3) is 0.857. The normalized spacial score (nSPS) is 12.8. The summed E-state index contributed by atoms with van der Waals surface area (Å²) in [5.74, 6) is -0.906. The first-order valence-electron chi connectivity index (χ1n) is 6.96. The van der Waals surface area contributed by atoms with Crippen molar-refractivity contribution in [3.05, 3.63) is 0 Å². The highest BCUT2D eigenvalue weighted by molar-refractivity contribution is 5.71. The molecule has 2 N–H and O–H groups in total. The van der Waals surface area contributed by atoms with Crippen LogP contribution in [-0.2, 0) is 9.53 Å². The molecule has 0 aliphatic rings. The predicted octanol–water partition coefficient (Wildman–Crippen LogP) is 3.32. The van der Waals surface area contributed by atoms with Crippen molar-refractivity contribution in [2.45, 2.75) is 77.9 Å². The van der Waals surface area contributed by atoms with Crippen molar-refractivity contribution in [1.82, 2.24) is 5.32 Å². The molecule has 0 heterocycles. The SMILES string of the molecule is CCCCCC[C@@H](CC(=O)O)NC(=O)OC(C)(C)C. The minimum absolute atomic E-state index is 0.0641. The van der Waals surface area contributed by atoms with E-state index in [-0.39, 0.29) is 12.5 Å². The molecule has 0 saturated carbocycles. The number of carbonyl (C=O) groups is 2. The molecule has 0 fully saturated rings. The van der Waals surface area contributed by atoms with E-state index < -0.39 is 17.7 Å². The molecular weight excluding hydrogens is 246 g/mol. The molecule has 5 nitrogen and oxygen atoms in total. The summed E-state index contributed by atoms with van der Waals surface area (Å²) < 4.78 is 5.13. The maximum absolute atomic E-state index is 11.6. The number of carbonyl (C=O) groups excluding carboxylic acids is 1. The first-order chi connectivity index (χ1) is 8.74. The predicted molar refractivity (Wildman–Crippen MR) is 74.2 cm³/mol. The maximum atomic E-state index is 11.6. The summed E-state index contributed by atoms with van der Waals surface area (Å²) in [4.78, 5) is 22.4. The van der Waals surface area contributed by atoms with Crippen LogP contribution in [0, 0.1) is 0 Å². The Morgan fingerprint density at radius 3 is 2.32 bits per heavy atom. The fourth-order valence-corrected chi connectivity index (χ4v) is 1.73. The minimum Gasteiger partial charge on any atom is -0.481 e. The topological polar surface area (TPSA) is 75.6 Å². The van der Waals surface area contributed by atoms with Crippen LogP contribution in [0.3, 0.4) is 0 Å².